The first-order valence-electron chi connectivity index (χ1n) is 11.6. The summed E-state index contributed by atoms with van der Waals surface area (Å²) in [6.45, 7) is 5.81. The number of benzene rings is 2. The number of nitrogens with zero attached hydrogens (tertiary/aromatic N) is 3. The minimum Gasteiger partial charge on any atom is -0.497 e. The molecule has 1 fully saturated rings. The van der Waals surface area contributed by atoms with Gasteiger partial charge in [0.1, 0.15) is 5.75 Å². The summed E-state index contributed by atoms with van der Waals surface area (Å²) < 4.78 is 10.5. The van der Waals surface area contributed by atoms with Crippen LogP contribution in [-0.2, 0) is 11.2 Å². The second kappa shape index (κ2) is 10.5. The van der Waals surface area contributed by atoms with Crippen LogP contribution in [0.5, 0.6) is 5.75 Å². The predicted molar refractivity (Wildman–Crippen MR) is 129 cm³/mol. The van der Waals surface area contributed by atoms with Gasteiger partial charge in [-0.25, -0.2) is 0 Å². The van der Waals surface area contributed by atoms with E-state index in [-0.39, 0.29) is 18.2 Å². The molecule has 8 nitrogen and oxygen atoms in total. The van der Waals surface area contributed by atoms with E-state index >= 15 is 0 Å². The van der Waals surface area contributed by atoms with Gasteiger partial charge >= 0.3 is 0 Å². The molecule has 8 heteroatoms. The van der Waals surface area contributed by atoms with Crippen LogP contribution in [-0.4, -0.2) is 47.1 Å². The Balaban J connectivity index is 1.37. The van der Waals surface area contributed by atoms with E-state index in [9.17, 15) is 9.59 Å². The van der Waals surface area contributed by atoms with Gasteiger partial charge in [-0.15, -0.1) is 0 Å². The molecule has 1 saturated heterocycles. The number of aromatic nitrogens is 2. The van der Waals surface area contributed by atoms with Gasteiger partial charge in [0, 0.05) is 31.5 Å². The van der Waals surface area contributed by atoms with E-state index < -0.39 is 0 Å². The van der Waals surface area contributed by atoms with Crippen molar-refractivity contribution in [3.63, 3.8) is 0 Å². The van der Waals surface area contributed by atoms with Gasteiger partial charge in [-0.3, -0.25) is 9.59 Å². The summed E-state index contributed by atoms with van der Waals surface area (Å²) in [7, 11) is 1.61. The van der Waals surface area contributed by atoms with Gasteiger partial charge in [0.25, 0.3) is 5.91 Å². The minimum absolute atomic E-state index is 0.0460. The first kappa shape index (κ1) is 23.5. The zero-order chi connectivity index (χ0) is 24.1. The van der Waals surface area contributed by atoms with E-state index in [4.69, 9.17) is 9.26 Å². The number of para-hydroxylation sites is 1. The number of ether oxygens (including phenoxy) is 1. The van der Waals surface area contributed by atoms with Crippen LogP contribution in [0.25, 0.3) is 11.4 Å². The number of carbonyl (C=O) groups excluding carboxylic acids is 2. The summed E-state index contributed by atoms with van der Waals surface area (Å²) in [6.07, 6.45) is 1.58. The number of hydrogen-bond donors (Lipinski definition) is 1. The van der Waals surface area contributed by atoms with Gasteiger partial charge in [0.15, 0.2) is 0 Å². The van der Waals surface area contributed by atoms with Gasteiger partial charge in [0.05, 0.1) is 18.4 Å². The number of likely N-dealkylation sites (tertiary alicyclic amines) is 1. The van der Waals surface area contributed by atoms with Crippen LogP contribution in [0.15, 0.2) is 53.1 Å². The molecule has 0 aliphatic carbocycles. The highest BCUT2D eigenvalue weighted by Gasteiger charge is 2.27. The monoisotopic (exact) mass is 462 g/mol. The first-order chi connectivity index (χ1) is 16.4. The Labute approximate surface area is 199 Å². The standard InChI is InChI=1S/C26H30N4O4/c1-17-14-18(2)16-30(15-17)26(32)21-6-4-5-7-22(21)27-23(31)12-13-24-28-25(29-34-24)19-8-10-20(33-3)11-9-19/h4-11,17-18H,12-16H2,1-3H3,(H,27,31). The number of nitrogens with one attached hydrogen (secondary N) is 1. The van der Waals surface area contributed by atoms with Crippen molar-refractivity contribution in [3.05, 3.63) is 60.0 Å². The number of carbonyl (C=O) groups is 2. The van der Waals surface area contributed by atoms with E-state index in [0.717, 1.165) is 30.8 Å². The molecule has 178 valence electrons. The molecule has 0 spiro atoms. The minimum atomic E-state index is -0.218. The summed E-state index contributed by atoms with van der Waals surface area (Å²) in [4.78, 5) is 32.1. The molecule has 2 aromatic carbocycles. The van der Waals surface area contributed by atoms with Crippen molar-refractivity contribution < 1.29 is 18.8 Å². The highest BCUT2D eigenvalue weighted by Crippen LogP contribution is 2.25. The Kier molecular flexibility index (Phi) is 7.25. The molecule has 34 heavy (non-hydrogen) atoms. The molecule has 1 aromatic heterocycles. The lowest BCUT2D eigenvalue weighted by Crippen LogP contribution is -2.42. The maximum absolute atomic E-state index is 13.2. The molecule has 2 amide bonds. The quantitative estimate of drug-likeness (QED) is 0.558. The highest BCUT2D eigenvalue weighted by molar-refractivity contribution is 6.03. The van der Waals surface area contributed by atoms with Crippen molar-refractivity contribution in [1.29, 1.82) is 0 Å². The van der Waals surface area contributed by atoms with Crippen molar-refractivity contribution in [2.75, 3.05) is 25.5 Å². The smallest absolute Gasteiger partial charge is 0.255 e. The Hall–Kier alpha value is -3.68. The SMILES string of the molecule is COc1ccc(-c2noc(CCC(=O)Nc3ccccc3C(=O)N3CC(C)CC(C)C3)n2)cc1. The lowest BCUT2D eigenvalue weighted by molar-refractivity contribution is -0.116. The van der Waals surface area contributed by atoms with E-state index in [1.165, 1.54) is 0 Å². The number of hydrogen-bond acceptors (Lipinski definition) is 6. The average Bonchev–Trinajstić information content (AvgIpc) is 3.31. The maximum atomic E-state index is 13.2. The summed E-state index contributed by atoms with van der Waals surface area (Å²) >= 11 is 0. The molecule has 2 atom stereocenters. The Bertz CT molecular complexity index is 1130. The highest BCUT2D eigenvalue weighted by atomic mass is 16.5. The Morgan fingerprint density at radius 1 is 1.09 bits per heavy atom. The maximum Gasteiger partial charge on any atom is 0.255 e. The van der Waals surface area contributed by atoms with Crippen LogP contribution in [0.4, 0.5) is 5.69 Å². The van der Waals surface area contributed by atoms with E-state index in [1.807, 2.05) is 41.3 Å². The van der Waals surface area contributed by atoms with Crippen molar-refractivity contribution >= 4 is 17.5 Å². The third kappa shape index (κ3) is 5.62. The molecule has 2 unspecified atom stereocenters. The van der Waals surface area contributed by atoms with Gasteiger partial charge in [0.2, 0.25) is 17.6 Å². The number of anilines is 1. The summed E-state index contributed by atoms with van der Waals surface area (Å²) in [6, 6.07) is 14.5. The Morgan fingerprint density at radius 3 is 2.50 bits per heavy atom. The molecule has 0 bridgehead atoms. The zero-order valence-electron chi connectivity index (χ0n) is 19.8. The van der Waals surface area contributed by atoms with Gasteiger partial charge in [-0.2, -0.15) is 4.98 Å². The fraction of sp³-hybridized carbons (Fsp3) is 0.385. The predicted octanol–water partition coefficient (Wildman–Crippen LogP) is 4.43. The van der Waals surface area contributed by atoms with Crippen LogP contribution >= 0.6 is 0 Å². The zero-order valence-corrected chi connectivity index (χ0v) is 19.8. The van der Waals surface area contributed by atoms with Crippen LogP contribution in [0.2, 0.25) is 0 Å². The van der Waals surface area contributed by atoms with Gasteiger partial charge < -0.3 is 19.5 Å². The third-order valence-corrected chi connectivity index (χ3v) is 5.97. The van der Waals surface area contributed by atoms with Gasteiger partial charge in [-0.05, 0) is 54.7 Å². The molecule has 1 N–H and O–H groups in total. The van der Waals surface area contributed by atoms with E-state index in [2.05, 4.69) is 29.3 Å². The number of amides is 2. The number of methoxy groups -OCH3 is 1. The third-order valence-electron chi connectivity index (χ3n) is 5.97. The lowest BCUT2D eigenvalue weighted by Gasteiger charge is -2.35. The molecule has 0 saturated carbocycles. The molecule has 2 heterocycles. The number of rotatable bonds is 7. The first-order valence-corrected chi connectivity index (χ1v) is 11.6. The largest absolute Gasteiger partial charge is 0.497 e. The fourth-order valence-corrected chi connectivity index (χ4v) is 4.42. The summed E-state index contributed by atoms with van der Waals surface area (Å²) in [5.74, 6) is 2.24. The topological polar surface area (TPSA) is 97.6 Å². The summed E-state index contributed by atoms with van der Waals surface area (Å²) in [5, 5.41) is 6.88. The summed E-state index contributed by atoms with van der Waals surface area (Å²) in [5.41, 5.74) is 1.83. The van der Waals surface area contributed by atoms with Crippen molar-refractivity contribution in [2.45, 2.75) is 33.1 Å². The van der Waals surface area contributed by atoms with Crippen LogP contribution in [0.1, 0.15) is 42.9 Å². The van der Waals surface area contributed by atoms with Crippen LogP contribution < -0.4 is 10.1 Å². The van der Waals surface area contributed by atoms with Crippen LogP contribution in [0, 0.1) is 11.8 Å². The lowest BCUT2D eigenvalue weighted by atomic mass is 9.91. The van der Waals surface area contributed by atoms with E-state index in [1.54, 1.807) is 19.2 Å². The molecular weight excluding hydrogens is 432 g/mol. The van der Waals surface area contributed by atoms with Crippen LogP contribution in [0.3, 0.4) is 0 Å². The number of aryl methyl sites for hydroxylation is 1. The molecule has 1 aliphatic heterocycles. The molecule has 0 radical (unpaired) electrons. The fourth-order valence-electron chi connectivity index (χ4n) is 4.42. The molecule has 3 aromatic rings. The second-order valence-electron chi connectivity index (χ2n) is 8.99. The van der Waals surface area contributed by atoms with Gasteiger partial charge in [-0.1, -0.05) is 31.1 Å². The second-order valence-corrected chi connectivity index (χ2v) is 8.99. The Morgan fingerprint density at radius 2 is 1.79 bits per heavy atom. The van der Waals surface area contributed by atoms with E-state index in [0.29, 0.717) is 41.2 Å². The van der Waals surface area contributed by atoms with Crippen molar-refractivity contribution in [3.8, 4) is 17.1 Å². The van der Waals surface area contributed by atoms with Crippen molar-refractivity contribution in [1.82, 2.24) is 15.0 Å². The van der Waals surface area contributed by atoms with Crippen molar-refractivity contribution in [2.24, 2.45) is 11.8 Å². The molecule has 1 aliphatic rings. The normalized spacial score (nSPS) is 17.9. The average molecular weight is 463 g/mol. The number of piperidine rings is 1. The molecular formula is C26H30N4O4. The molecule has 4 rings (SSSR count).